The number of benzene rings is 2. The number of hydrogen-bond acceptors (Lipinski definition) is 7. The van der Waals surface area contributed by atoms with Gasteiger partial charge in [0.05, 0.1) is 7.11 Å². The molecule has 1 amide bonds. The Morgan fingerprint density at radius 3 is 2.86 bits per heavy atom. The number of anilines is 1. The van der Waals surface area contributed by atoms with Gasteiger partial charge < -0.3 is 9.47 Å². The molecule has 0 unspecified atom stereocenters. The monoisotopic (exact) mass is 395 g/mol. The molecule has 8 nitrogen and oxygen atoms in total. The number of rotatable bonds is 6. The number of methoxy groups -OCH3 is 1. The molecule has 0 spiro atoms. The number of carbonyl (C=O) groups is 1. The predicted octanol–water partition coefficient (Wildman–Crippen LogP) is 3.19. The van der Waals surface area contributed by atoms with Crippen LogP contribution in [0, 0.1) is 6.92 Å². The summed E-state index contributed by atoms with van der Waals surface area (Å²) in [4.78, 5) is 12.8. The lowest BCUT2D eigenvalue weighted by Crippen LogP contribution is -2.20. The van der Waals surface area contributed by atoms with Crippen molar-refractivity contribution in [1.29, 1.82) is 0 Å². The third kappa shape index (κ3) is 3.65. The van der Waals surface area contributed by atoms with Gasteiger partial charge >= 0.3 is 0 Å². The maximum atomic E-state index is 12.2. The van der Waals surface area contributed by atoms with Crippen LogP contribution in [0.4, 0.5) is 5.13 Å². The summed E-state index contributed by atoms with van der Waals surface area (Å²) >= 11 is 1.24. The summed E-state index contributed by atoms with van der Waals surface area (Å²) in [5.41, 5.74) is 1.79. The highest BCUT2D eigenvalue weighted by molar-refractivity contribution is 7.20. The molecule has 142 valence electrons. The molecular weight excluding hydrogens is 378 g/mol. The van der Waals surface area contributed by atoms with Crippen LogP contribution in [0.25, 0.3) is 16.3 Å². The Labute approximate surface area is 164 Å². The maximum Gasteiger partial charge on any atom is 0.264 e. The van der Waals surface area contributed by atoms with Gasteiger partial charge in [-0.2, -0.15) is 4.52 Å². The summed E-state index contributed by atoms with van der Waals surface area (Å²) in [7, 11) is 1.61. The van der Waals surface area contributed by atoms with Gasteiger partial charge in [0.2, 0.25) is 10.1 Å². The standard InChI is InChI=1S/C19H17N5O3S/c1-12-6-3-4-9-15(12)27-11-16(25)20-18-23-24-17(21-22-19(24)28-18)13-7-5-8-14(10-13)26-2/h3-10H,11H2,1-2H3,(H,20,23,25). The summed E-state index contributed by atoms with van der Waals surface area (Å²) in [6, 6.07) is 15.0. The van der Waals surface area contributed by atoms with Gasteiger partial charge in [-0.05, 0) is 30.7 Å². The fourth-order valence-corrected chi connectivity index (χ4v) is 3.38. The van der Waals surface area contributed by atoms with Crippen molar-refractivity contribution < 1.29 is 14.3 Å². The van der Waals surface area contributed by atoms with Gasteiger partial charge in [-0.15, -0.1) is 15.3 Å². The van der Waals surface area contributed by atoms with Gasteiger partial charge in [-0.3, -0.25) is 10.1 Å². The summed E-state index contributed by atoms with van der Waals surface area (Å²) in [5.74, 6) is 1.67. The molecule has 2 aromatic heterocycles. The molecule has 2 aromatic carbocycles. The van der Waals surface area contributed by atoms with E-state index in [1.807, 2.05) is 55.5 Å². The smallest absolute Gasteiger partial charge is 0.264 e. The largest absolute Gasteiger partial charge is 0.497 e. The lowest BCUT2D eigenvalue weighted by Gasteiger charge is -2.07. The van der Waals surface area contributed by atoms with Crippen LogP contribution in [0.3, 0.4) is 0 Å². The molecule has 1 N–H and O–H groups in total. The lowest BCUT2D eigenvalue weighted by molar-refractivity contribution is -0.118. The van der Waals surface area contributed by atoms with E-state index < -0.39 is 0 Å². The average Bonchev–Trinajstić information content (AvgIpc) is 3.27. The molecule has 4 aromatic rings. The Bertz CT molecular complexity index is 1140. The van der Waals surface area contributed by atoms with Gasteiger partial charge in [0.1, 0.15) is 11.5 Å². The highest BCUT2D eigenvalue weighted by atomic mass is 32.1. The quantitative estimate of drug-likeness (QED) is 0.539. The molecule has 0 atom stereocenters. The van der Waals surface area contributed by atoms with Gasteiger partial charge in [0, 0.05) is 5.56 Å². The maximum absolute atomic E-state index is 12.2. The minimum atomic E-state index is -0.295. The number of para-hydroxylation sites is 1. The van der Waals surface area contributed by atoms with E-state index in [2.05, 4.69) is 20.6 Å². The van der Waals surface area contributed by atoms with E-state index in [9.17, 15) is 4.79 Å². The van der Waals surface area contributed by atoms with Gasteiger partial charge in [-0.1, -0.05) is 41.7 Å². The van der Waals surface area contributed by atoms with Crippen LogP contribution in [0.2, 0.25) is 0 Å². The number of nitrogens with one attached hydrogen (secondary N) is 1. The molecule has 0 aliphatic heterocycles. The zero-order valence-corrected chi connectivity index (χ0v) is 16.1. The van der Waals surface area contributed by atoms with Crippen LogP contribution in [0.15, 0.2) is 48.5 Å². The molecule has 0 saturated carbocycles. The van der Waals surface area contributed by atoms with Crippen molar-refractivity contribution in [2.45, 2.75) is 6.92 Å². The van der Waals surface area contributed by atoms with Crippen LogP contribution < -0.4 is 14.8 Å². The zero-order valence-electron chi connectivity index (χ0n) is 15.2. The minimum absolute atomic E-state index is 0.103. The number of aromatic nitrogens is 4. The normalized spacial score (nSPS) is 10.8. The average molecular weight is 395 g/mol. The molecule has 28 heavy (non-hydrogen) atoms. The highest BCUT2D eigenvalue weighted by Crippen LogP contribution is 2.26. The third-order valence-electron chi connectivity index (χ3n) is 4.02. The summed E-state index contributed by atoms with van der Waals surface area (Å²) in [5, 5.41) is 15.9. The Morgan fingerprint density at radius 1 is 1.18 bits per heavy atom. The fourth-order valence-electron chi connectivity index (χ4n) is 2.63. The first-order valence-corrected chi connectivity index (χ1v) is 9.30. The van der Waals surface area contributed by atoms with Crippen LogP contribution in [0.5, 0.6) is 11.5 Å². The molecule has 0 bridgehead atoms. The molecule has 9 heteroatoms. The molecule has 2 heterocycles. The summed E-state index contributed by atoms with van der Waals surface area (Å²) in [6.45, 7) is 1.82. The third-order valence-corrected chi connectivity index (χ3v) is 4.83. The first-order chi connectivity index (χ1) is 13.6. The van der Waals surface area contributed by atoms with Gasteiger partial charge in [-0.25, -0.2) is 0 Å². The van der Waals surface area contributed by atoms with Crippen molar-refractivity contribution in [3.63, 3.8) is 0 Å². The first-order valence-electron chi connectivity index (χ1n) is 8.49. The van der Waals surface area contributed by atoms with Crippen molar-refractivity contribution in [3.8, 4) is 22.9 Å². The second-order valence-corrected chi connectivity index (χ2v) is 6.92. The molecular formula is C19H17N5O3S. The van der Waals surface area contributed by atoms with Crippen LogP contribution in [-0.4, -0.2) is 39.4 Å². The highest BCUT2D eigenvalue weighted by Gasteiger charge is 2.15. The van der Waals surface area contributed by atoms with E-state index in [-0.39, 0.29) is 12.5 Å². The van der Waals surface area contributed by atoms with E-state index >= 15 is 0 Å². The SMILES string of the molecule is COc1cccc(-c2nnc3sc(NC(=O)COc4ccccc4C)nn23)c1. The van der Waals surface area contributed by atoms with Crippen LogP contribution in [-0.2, 0) is 4.79 Å². The summed E-state index contributed by atoms with van der Waals surface area (Å²) < 4.78 is 12.4. The van der Waals surface area contributed by atoms with Crippen molar-refractivity contribution in [3.05, 3.63) is 54.1 Å². The lowest BCUT2D eigenvalue weighted by atomic mass is 10.2. The van der Waals surface area contributed by atoms with Crippen LogP contribution >= 0.6 is 11.3 Å². The molecule has 0 radical (unpaired) electrons. The Kier molecular flexibility index (Phi) is 4.90. The number of fused-ring (bicyclic) bond motifs is 1. The summed E-state index contributed by atoms with van der Waals surface area (Å²) in [6.07, 6.45) is 0. The predicted molar refractivity (Wildman–Crippen MR) is 106 cm³/mol. The van der Waals surface area contributed by atoms with E-state index in [0.29, 0.717) is 27.4 Å². The number of hydrogen-bond donors (Lipinski definition) is 1. The van der Waals surface area contributed by atoms with Crippen LogP contribution in [0.1, 0.15) is 5.56 Å². The van der Waals surface area contributed by atoms with E-state index in [1.54, 1.807) is 11.6 Å². The molecule has 0 aliphatic rings. The second-order valence-electron chi connectivity index (χ2n) is 5.96. The van der Waals surface area contributed by atoms with Gasteiger partial charge in [0.15, 0.2) is 12.4 Å². The van der Waals surface area contributed by atoms with E-state index in [1.165, 1.54) is 11.3 Å². The van der Waals surface area contributed by atoms with Crippen molar-refractivity contribution in [2.24, 2.45) is 0 Å². The zero-order chi connectivity index (χ0) is 19.5. The Hall–Kier alpha value is -3.46. The number of nitrogens with zero attached hydrogens (tertiary/aromatic N) is 4. The molecule has 4 rings (SSSR count). The van der Waals surface area contributed by atoms with E-state index in [0.717, 1.165) is 11.1 Å². The Morgan fingerprint density at radius 2 is 2.04 bits per heavy atom. The number of amides is 1. The van der Waals surface area contributed by atoms with Crippen molar-refractivity contribution >= 4 is 27.3 Å². The number of aryl methyl sites for hydroxylation is 1. The van der Waals surface area contributed by atoms with Gasteiger partial charge in [0.25, 0.3) is 5.91 Å². The topological polar surface area (TPSA) is 90.6 Å². The fraction of sp³-hybridized carbons (Fsp3) is 0.158. The molecule has 0 aliphatic carbocycles. The minimum Gasteiger partial charge on any atom is -0.497 e. The second kappa shape index (κ2) is 7.65. The molecule has 0 fully saturated rings. The first kappa shape index (κ1) is 17.9. The van der Waals surface area contributed by atoms with Crippen molar-refractivity contribution in [2.75, 3.05) is 19.0 Å². The number of carbonyl (C=O) groups excluding carboxylic acids is 1. The van der Waals surface area contributed by atoms with E-state index in [4.69, 9.17) is 9.47 Å². The Balaban J connectivity index is 1.48. The number of ether oxygens (including phenoxy) is 2. The molecule has 0 saturated heterocycles. The van der Waals surface area contributed by atoms with Crippen molar-refractivity contribution in [1.82, 2.24) is 19.8 Å².